The van der Waals surface area contributed by atoms with Crippen molar-refractivity contribution in [3.05, 3.63) is 48.0 Å². The van der Waals surface area contributed by atoms with Crippen LogP contribution in [-0.4, -0.2) is 35.4 Å². The minimum absolute atomic E-state index is 0.266. The summed E-state index contributed by atoms with van der Waals surface area (Å²) in [5.74, 6) is 2.55. The summed E-state index contributed by atoms with van der Waals surface area (Å²) in [6.45, 7) is 8.68. The van der Waals surface area contributed by atoms with Crippen molar-refractivity contribution in [3.63, 3.8) is 0 Å². The van der Waals surface area contributed by atoms with Gasteiger partial charge in [-0.05, 0) is 49.9 Å². The van der Waals surface area contributed by atoms with Gasteiger partial charge < -0.3 is 19.4 Å². The van der Waals surface area contributed by atoms with Crippen molar-refractivity contribution in [1.29, 1.82) is 0 Å². The number of nitrogens with zero attached hydrogens (tertiary/aromatic N) is 2. The van der Waals surface area contributed by atoms with Gasteiger partial charge in [-0.3, -0.25) is 0 Å². The van der Waals surface area contributed by atoms with Crippen LogP contribution in [0.4, 0.5) is 0 Å². The van der Waals surface area contributed by atoms with E-state index in [0.717, 1.165) is 50.7 Å². The van der Waals surface area contributed by atoms with Crippen LogP contribution in [0.25, 0.3) is 0 Å². The van der Waals surface area contributed by atoms with Gasteiger partial charge in [-0.1, -0.05) is 19.1 Å². The molecule has 0 aliphatic carbocycles. The number of hydrogen-bond donors (Lipinski definition) is 1. The molecule has 0 saturated carbocycles. The van der Waals surface area contributed by atoms with Crippen LogP contribution < -0.4 is 10.1 Å². The molecule has 1 aromatic heterocycles. The maximum Gasteiger partial charge on any atom is 0.119 e. The largest absolute Gasteiger partial charge is 0.491 e. The third kappa shape index (κ3) is 5.58. The minimum atomic E-state index is 0.266. The second-order valence-electron chi connectivity index (χ2n) is 6.95. The molecule has 1 saturated heterocycles. The molecule has 0 amide bonds. The smallest absolute Gasteiger partial charge is 0.119 e. The monoisotopic (exact) mass is 343 g/mol. The molecule has 5 heteroatoms. The van der Waals surface area contributed by atoms with Crippen LogP contribution in [0.1, 0.15) is 31.2 Å². The molecule has 0 bridgehead atoms. The summed E-state index contributed by atoms with van der Waals surface area (Å²) in [4.78, 5) is 4.27. The molecule has 1 fully saturated rings. The number of rotatable bonds is 9. The van der Waals surface area contributed by atoms with Crippen molar-refractivity contribution >= 4 is 0 Å². The number of hydrogen-bond acceptors (Lipinski definition) is 4. The highest BCUT2D eigenvalue weighted by Crippen LogP contribution is 2.16. The van der Waals surface area contributed by atoms with Gasteiger partial charge in [0.25, 0.3) is 0 Å². The molecular formula is C20H29N3O2. The molecule has 2 aromatic rings. The van der Waals surface area contributed by atoms with Gasteiger partial charge in [-0.25, -0.2) is 4.98 Å². The maximum absolute atomic E-state index is 5.80. The first kappa shape index (κ1) is 18.0. The van der Waals surface area contributed by atoms with Crippen LogP contribution in [-0.2, 0) is 17.8 Å². The summed E-state index contributed by atoms with van der Waals surface area (Å²) >= 11 is 0. The van der Waals surface area contributed by atoms with Crippen LogP contribution in [0.3, 0.4) is 0 Å². The first-order chi connectivity index (χ1) is 12.2. The van der Waals surface area contributed by atoms with Gasteiger partial charge in [0.2, 0.25) is 0 Å². The zero-order chi connectivity index (χ0) is 17.5. The Balaban J connectivity index is 1.35. The Kier molecular flexibility index (Phi) is 6.48. The van der Waals surface area contributed by atoms with Crippen molar-refractivity contribution in [3.8, 4) is 5.75 Å². The number of nitrogens with one attached hydrogen (secondary N) is 1. The molecule has 1 aliphatic rings. The van der Waals surface area contributed by atoms with Crippen molar-refractivity contribution in [2.75, 3.05) is 19.8 Å². The number of aromatic nitrogens is 2. The molecule has 0 radical (unpaired) electrons. The van der Waals surface area contributed by atoms with E-state index in [4.69, 9.17) is 9.47 Å². The fourth-order valence-electron chi connectivity index (χ4n) is 3.13. The fourth-order valence-corrected chi connectivity index (χ4v) is 3.13. The van der Waals surface area contributed by atoms with Gasteiger partial charge in [0, 0.05) is 32.1 Å². The third-order valence-corrected chi connectivity index (χ3v) is 4.64. The summed E-state index contributed by atoms with van der Waals surface area (Å²) in [6.07, 6.45) is 6.43. The first-order valence-electron chi connectivity index (χ1n) is 9.22. The zero-order valence-electron chi connectivity index (χ0n) is 15.3. The van der Waals surface area contributed by atoms with E-state index in [1.54, 1.807) is 0 Å². The van der Waals surface area contributed by atoms with Crippen molar-refractivity contribution in [2.45, 2.75) is 45.9 Å². The van der Waals surface area contributed by atoms with Crippen molar-refractivity contribution < 1.29 is 9.47 Å². The van der Waals surface area contributed by atoms with Crippen molar-refractivity contribution in [2.24, 2.45) is 5.92 Å². The Morgan fingerprint density at radius 3 is 2.88 bits per heavy atom. The Morgan fingerprint density at radius 1 is 1.36 bits per heavy atom. The second kappa shape index (κ2) is 9.02. The van der Waals surface area contributed by atoms with Gasteiger partial charge in [0.15, 0.2) is 0 Å². The molecular weight excluding hydrogens is 314 g/mol. The Labute approximate surface area is 150 Å². The van der Waals surface area contributed by atoms with Crippen LogP contribution >= 0.6 is 0 Å². The summed E-state index contributed by atoms with van der Waals surface area (Å²) in [7, 11) is 0. The Morgan fingerprint density at radius 2 is 2.20 bits per heavy atom. The van der Waals surface area contributed by atoms with Crippen LogP contribution in [0.5, 0.6) is 5.75 Å². The molecule has 136 valence electrons. The summed E-state index contributed by atoms with van der Waals surface area (Å²) in [5.41, 5.74) is 1.27. The zero-order valence-corrected chi connectivity index (χ0v) is 15.3. The summed E-state index contributed by atoms with van der Waals surface area (Å²) < 4.78 is 13.6. The topological polar surface area (TPSA) is 48.3 Å². The Hall–Kier alpha value is -1.85. The first-order valence-corrected chi connectivity index (χ1v) is 9.22. The standard InChI is InChI=1S/C20H29N3O2/c1-16(14-23-10-9-22-17(23)2)12-21-13-18-5-7-19(8-6-18)25-15-20-4-3-11-24-20/h5-10,16,20-21H,3-4,11-15H2,1-2H3. The van der Waals surface area contributed by atoms with Crippen LogP contribution in [0, 0.1) is 12.8 Å². The average molecular weight is 343 g/mol. The quantitative estimate of drug-likeness (QED) is 0.760. The van der Waals surface area contributed by atoms with E-state index < -0.39 is 0 Å². The molecule has 3 rings (SSSR count). The molecule has 1 aliphatic heterocycles. The minimum Gasteiger partial charge on any atom is -0.491 e. The van der Waals surface area contributed by atoms with Gasteiger partial charge in [0.05, 0.1) is 6.10 Å². The van der Waals surface area contributed by atoms with Gasteiger partial charge in [-0.2, -0.15) is 0 Å². The number of aryl methyl sites for hydroxylation is 1. The second-order valence-corrected chi connectivity index (χ2v) is 6.95. The number of ether oxygens (including phenoxy) is 2. The molecule has 5 nitrogen and oxygen atoms in total. The molecule has 25 heavy (non-hydrogen) atoms. The number of benzene rings is 1. The molecule has 0 spiro atoms. The van der Waals surface area contributed by atoms with Gasteiger partial charge in [0.1, 0.15) is 18.2 Å². The van der Waals surface area contributed by atoms with Crippen LogP contribution in [0.15, 0.2) is 36.7 Å². The van der Waals surface area contributed by atoms with E-state index in [1.165, 1.54) is 5.56 Å². The molecule has 1 N–H and O–H groups in total. The lowest BCUT2D eigenvalue weighted by molar-refractivity contribution is 0.0679. The molecule has 2 unspecified atom stereocenters. The lowest BCUT2D eigenvalue weighted by Gasteiger charge is -2.15. The SMILES string of the molecule is Cc1nccn1CC(C)CNCc1ccc(OCC2CCCO2)cc1. The Bertz CT molecular complexity index is 633. The van der Waals surface area contributed by atoms with Crippen molar-refractivity contribution in [1.82, 2.24) is 14.9 Å². The van der Waals surface area contributed by atoms with E-state index in [-0.39, 0.29) is 6.10 Å². The lowest BCUT2D eigenvalue weighted by Crippen LogP contribution is -2.24. The average Bonchev–Trinajstić information content (AvgIpc) is 3.27. The molecule has 2 heterocycles. The van der Waals surface area contributed by atoms with E-state index in [9.17, 15) is 0 Å². The highest BCUT2D eigenvalue weighted by Gasteiger charge is 2.15. The van der Waals surface area contributed by atoms with Gasteiger partial charge in [-0.15, -0.1) is 0 Å². The lowest BCUT2D eigenvalue weighted by atomic mass is 10.1. The highest BCUT2D eigenvalue weighted by atomic mass is 16.5. The molecule has 2 atom stereocenters. The highest BCUT2D eigenvalue weighted by molar-refractivity contribution is 5.27. The fraction of sp³-hybridized carbons (Fsp3) is 0.550. The molecule has 1 aromatic carbocycles. The van der Waals surface area contributed by atoms with Gasteiger partial charge >= 0.3 is 0 Å². The normalized spacial score (nSPS) is 18.4. The third-order valence-electron chi connectivity index (χ3n) is 4.64. The van der Waals surface area contributed by atoms with E-state index in [2.05, 4.69) is 33.9 Å². The van der Waals surface area contributed by atoms with Crippen LogP contribution in [0.2, 0.25) is 0 Å². The predicted octanol–water partition coefficient (Wildman–Crippen LogP) is 3.18. The predicted molar refractivity (Wildman–Crippen MR) is 98.7 cm³/mol. The van der Waals surface area contributed by atoms with E-state index >= 15 is 0 Å². The summed E-state index contributed by atoms with van der Waals surface area (Å²) in [6, 6.07) is 8.35. The summed E-state index contributed by atoms with van der Waals surface area (Å²) in [5, 5.41) is 3.54. The van der Waals surface area contributed by atoms with E-state index in [1.807, 2.05) is 31.5 Å². The van der Waals surface area contributed by atoms with E-state index in [0.29, 0.717) is 12.5 Å². The maximum atomic E-state index is 5.80. The number of imidazole rings is 1.